The molecular weight excluding hydrogens is 598 g/mol. The van der Waals surface area contributed by atoms with Gasteiger partial charge >= 0.3 is 6.09 Å². The minimum absolute atomic E-state index is 0.0114. The highest BCUT2D eigenvalue weighted by Crippen LogP contribution is 2.30. The first-order chi connectivity index (χ1) is 22.1. The van der Waals surface area contributed by atoms with Gasteiger partial charge in [0.2, 0.25) is 0 Å². The molecule has 4 N–H and O–H groups in total. The normalized spacial score (nSPS) is 13.7. The zero-order valence-corrected chi connectivity index (χ0v) is 26.8. The Bertz CT molecular complexity index is 1960. The number of sulfone groups is 1. The molecule has 0 aliphatic rings. The van der Waals surface area contributed by atoms with Crippen molar-refractivity contribution in [2.75, 3.05) is 4.90 Å². The number of hydrogen-bond acceptors (Lipinski definition) is 7. The van der Waals surface area contributed by atoms with E-state index in [1.165, 1.54) is 17.0 Å². The van der Waals surface area contributed by atoms with Crippen LogP contribution in [0, 0.1) is 0 Å². The van der Waals surface area contributed by atoms with Crippen LogP contribution in [0.2, 0.25) is 0 Å². The van der Waals surface area contributed by atoms with E-state index in [-0.39, 0.29) is 17.1 Å². The van der Waals surface area contributed by atoms with E-state index in [2.05, 4.69) is 0 Å². The molecule has 0 heterocycles. The molecule has 0 radical (unpaired) electrons. The van der Waals surface area contributed by atoms with E-state index in [4.69, 9.17) is 16.2 Å². The van der Waals surface area contributed by atoms with Crippen LogP contribution < -0.4 is 16.4 Å². The average Bonchev–Trinajstić information content (AvgIpc) is 3.08. The van der Waals surface area contributed by atoms with Crippen molar-refractivity contribution in [2.45, 2.75) is 62.1 Å². The van der Waals surface area contributed by atoms with E-state index in [1.54, 1.807) is 37.3 Å². The van der Waals surface area contributed by atoms with Gasteiger partial charge in [0.1, 0.15) is 18.0 Å². The van der Waals surface area contributed by atoms with Crippen LogP contribution >= 0.6 is 0 Å². The Balaban J connectivity index is 1.56. The van der Waals surface area contributed by atoms with E-state index in [9.17, 15) is 18.0 Å². The van der Waals surface area contributed by atoms with Gasteiger partial charge in [-0.25, -0.2) is 13.2 Å². The summed E-state index contributed by atoms with van der Waals surface area (Å²) in [6.07, 6.45) is 1.35. The van der Waals surface area contributed by atoms with E-state index in [0.29, 0.717) is 22.9 Å². The number of unbranched alkanes of at least 4 members (excludes halogenated alkanes) is 1. The number of nitrogens with zero attached hydrogens (tertiary/aromatic N) is 1. The van der Waals surface area contributed by atoms with Gasteiger partial charge in [-0.1, -0.05) is 105 Å². The van der Waals surface area contributed by atoms with Gasteiger partial charge in [-0.2, -0.15) is 0 Å². The maximum atomic E-state index is 14.4. The molecule has 0 aliphatic carbocycles. The van der Waals surface area contributed by atoms with E-state index in [0.717, 1.165) is 29.2 Å². The molecule has 1 amide bonds. The fourth-order valence-corrected chi connectivity index (χ4v) is 7.07. The average molecular weight is 638 g/mol. The Kier molecular flexibility index (Phi) is 10.2. The van der Waals surface area contributed by atoms with Crippen LogP contribution in [0.5, 0.6) is 0 Å². The molecule has 0 saturated heterocycles. The molecule has 0 aliphatic heterocycles. The fraction of sp³-hybridized carbons (Fsp3) is 0.243. The van der Waals surface area contributed by atoms with Gasteiger partial charge in [-0.15, -0.1) is 0 Å². The molecule has 3 atom stereocenters. The number of benzene rings is 5. The molecule has 46 heavy (non-hydrogen) atoms. The van der Waals surface area contributed by atoms with E-state index < -0.39 is 39.2 Å². The maximum absolute atomic E-state index is 14.4. The summed E-state index contributed by atoms with van der Waals surface area (Å²) in [5, 5.41) is 1.62. The van der Waals surface area contributed by atoms with Crippen LogP contribution in [0.25, 0.3) is 21.5 Å². The molecule has 8 nitrogen and oxygen atoms in total. The lowest BCUT2D eigenvalue weighted by molar-refractivity contribution is 0.0951. The highest BCUT2D eigenvalue weighted by atomic mass is 32.2. The highest BCUT2D eigenvalue weighted by Gasteiger charge is 2.34. The second-order valence-electron chi connectivity index (χ2n) is 11.5. The Hall–Kier alpha value is -4.57. The number of rotatable bonds is 12. The van der Waals surface area contributed by atoms with Crippen molar-refractivity contribution in [3.05, 3.63) is 120 Å². The fourth-order valence-electron chi connectivity index (χ4n) is 5.59. The van der Waals surface area contributed by atoms with Crippen molar-refractivity contribution >= 4 is 48.9 Å². The van der Waals surface area contributed by atoms with Gasteiger partial charge in [-0.3, -0.25) is 9.69 Å². The Morgan fingerprint density at radius 3 is 2.17 bits per heavy atom. The van der Waals surface area contributed by atoms with Crippen LogP contribution in [0.15, 0.2) is 114 Å². The number of anilines is 1. The zero-order valence-electron chi connectivity index (χ0n) is 26.0. The molecule has 0 saturated carbocycles. The maximum Gasteiger partial charge on any atom is 0.415 e. The Morgan fingerprint density at radius 1 is 0.804 bits per heavy atom. The quantitative estimate of drug-likeness (QED) is 0.141. The van der Waals surface area contributed by atoms with Gasteiger partial charge in [0, 0.05) is 17.3 Å². The predicted molar refractivity (Wildman–Crippen MR) is 183 cm³/mol. The molecule has 2 unspecified atom stereocenters. The summed E-state index contributed by atoms with van der Waals surface area (Å²) in [5.41, 5.74) is 13.8. The van der Waals surface area contributed by atoms with Gasteiger partial charge in [0.25, 0.3) is 0 Å². The van der Waals surface area contributed by atoms with Crippen molar-refractivity contribution in [1.29, 1.82) is 0 Å². The van der Waals surface area contributed by atoms with Gasteiger partial charge < -0.3 is 16.2 Å². The Morgan fingerprint density at radius 2 is 1.46 bits per heavy atom. The summed E-state index contributed by atoms with van der Waals surface area (Å²) in [5.74, 6) is -0.457. The summed E-state index contributed by atoms with van der Waals surface area (Å²) in [6.45, 7) is 3.62. The molecule has 0 fully saturated rings. The number of ketones is 1. The van der Waals surface area contributed by atoms with E-state index in [1.807, 2.05) is 73.7 Å². The van der Waals surface area contributed by atoms with Crippen LogP contribution in [0.3, 0.4) is 0 Å². The van der Waals surface area contributed by atoms with Crippen LogP contribution in [0.4, 0.5) is 10.5 Å². The topological polar surface area (TPSA) is 133 Å². The van der Waals surface area contributed by atoms with Gasteiger partial charge in [-0.05, 0) is 64.7 Å². The molecule has 9 heteroatoms. The summed E-state index contributed by atoms with van der Waals surface area (Å²) in [4.78, 5) is 29.5. The number of nitrogens with two attached hydrogens (primary N) is 2. The summed E-state index contributed by atoms with van der Waals surface area (Å²) in [7, 11) is -4.10. The lowest BCUT2D eigenvalue weighted by atomic mass is 9.97. The number of fused-ring (bicyclic) bond motifs is 2. The molecule has 5 aromatic carbocycles. The summed E-state index contributed by atoms with van der Waals surface area (Å²) < 4.78 is 33.2. The Labute approximate surface area is 269 Å². The molecular formula is C37H39N3O5S. The van der Waals surface area contributed by atoms with Gasteiger partial charge in [0.15, 0.2) is 15.6 Å². The third kappa shape index (κ3) is 6.97. The summed E-state index contributed by atoms with van der Waals surface area (Å²) in [6, 6.07) is 30.6. The first kappa shape index (κ1) is 32.8. The number of carbonyl (C=O) groups excluding carboxylic acids is 2. The molecule has 5 aromatic rings. The molecule has 0 aromatic heterocycles. The van der Waals surface area contributed by atoms with Crippen LogP contribution in [-0.2, 0) is 21.2 Å². The van der Waals surface area contributed by atoms with Crippen molar-refractivity contribution < 1.29 is 22.7 Å². The van der Waals surface area contributed by atoms with E-state index >= 15 is 0 Å². The first-order valence-electron chi connectivity index (χ1n) is 15.4. The van der Waals surface area contributed by atoms with Crippen LogP contribution in [0.1, 0.15) is 49.0 Å². The third-order valence-corrected chi connectivity index (χ3v) is 10.2. The third-order valence-electron chi connectivity index (χ3n) is 8.28. The molecule has 0 bridgehead atoms. The molecule has 0 spiro atoms. The lowest BCUT2D eigenvalue weighted by Crippen LogP contribution is -2.47. The largest absolute Gasteiger partial charge is 0.444 e. The van der Waals surface area contributed by atoms with Gasteiger partial charge in [0.05, 0.1) is 4.90 Å². The van der Waals surface area contributed by atoms with Crippen molar-refractivity contribution in [3.8, 4) is 0 Å². The number of amides is 1. The van der Waals surface area contributed by atoms with Crippen molar-refractivity contribution in [3.63, 3.8) is 0 Å². The molecule has 5 rings (SSSR count). The number of hydrogen-bond donors (Lipinski definition) is 2. The predicted octanol–water partition coefficient (Wildman–Crippen LogP) is 6.98. The van der Waals surface area contributed by atoms with Crippen molar-refractivity contribution in [2.24, 2.45) is 11.5 Å². The zero-order chi connectivity index (χ0) is 32.8. The standard InChI is InChI=1S/C37H39N3O5S/c1-3-4-18-34(38)36(39)46(43,44)31-22-29-16-10-11-17-32(29)33(23-31)35(41)25(2)40(37(42)45-24-26-12-6-5-7-13-26)30-20-19-27-14-8-9-15-28(27)21-30/h5-17,19-23,25,34,36H,3-4,18,24,38-39H2,1-2H3/t25-,34?,36?/m0/s1. The number of ether oxygens (including phenoxy) is 1. The smallest absolute Gasteiger partial charge is 0.415 e. The lowest BCUT2D eigenvalue weighted by Gasteiger charge is -2.28. The number of Topliss-reactive ketones (excluding diaryl/α,β-unsaturated/α-hetero) is 1. The summed E-state index contributed by atoms with van der Waals surface area (Å²) >= 11 is 0. The van der Waals surface area contributed by atoms with Crippen molar-refractivity contribution in [1.82, 2.24) is 0 Å². The second-order valence-corrected chi connectivity index (χ2v) is 13.6. The minimum Gasteiger partial charge on any atom is -0.444 e. The first-order valence-corrected chi connectivity index (χ1v) is 17.0. The van der Waals surface area contributed by atoms with Crippen LogP contribution in [-0.4, -0.2) is 37.8 Å². The SMILES string of the molecule is CCCCC(N)C(N)S(=O)(=O)c1cc(C(=O)[C@H](C)N(C(=O)OCc2ccccc2)c2ccc3ccccc3c2)c2ccccc2c1. The molecule has 238 valence electrons. The monoisotopic (exact) mass is 637 g/mol. The highest BCUT2D eigenvalue weighted by molar-refractivity contribution is 7.92. The number of carbonyl (C=O) groups is 2. The minimum atomic E-state index is -4.10. The second kappa shape index (κ2) is 14.2.